The summed E-state index contributed by atoms with van der Waals surface area (Å²) < 4.78 is 43.1. The Labute approximate surface area is 159 Å². The van der Waals surface area contributed by atoms with Gasteiger partial charge in [-0.05, 0) is 36.2 Å². The lowest BCUT2D eigenvalue weighted by atomic mass is 10.1. The lowest BCUT2D eigenvalue weighted by molar-refractivity contribution is -0.154. The molecule has 2 rings (SSSR count). The molecule has 0 aliphatic heterocycles. The molecule has 0 saturated carbocycles. The summed E-state index contributed by atoms with van der Waals surface area (Å²) >= 11 is 5.78. The monoisotopic (exact) mass is 399 g/mol. The van der Waals surface area contributed by atoms with Crippen LogP contribution in [0.4, 0.5) is 13.2 Å². The molecule has 0 spiro atoms. The fraction of sp³-hybridized carbons (Fsp3) is 0.263. The van der Waals surface area contributed by atoms with E-state index in [1.165, 1.54) is 19.1 Å². The highest BCUT2D eigenvalue weighted by Gasteiger charge is 2.30. The maximum Gasteiger partial charge on any atom is 0.416 e. The lowest BCUT2D eigenvalue weighted by Gasteiger charge is -2.14. The lowest BCUT2D eigenvalue weighted by Crippen LogP contribution is -2.35. The number of esters is 1. The average molecular weight is 400 g/mol. The van der Waals surface area contributed by atoms with Crippen LogP contribution in [0.25, 0.3) is 0 Å². The van der Waals surface area contributed by atoms with Crippen molar-refractivity contribution in [2.45, 2.75) is 32.2 Å². The second kappa shape index (κ2) is 8.90. The number of halogens is 4. The third kappa shape index (κ3) is 6.60. The van der Waals surface area contributed by atoms with E-state index in [2.05, 4.69) is 5.32 Å². The summed E-state index contributed by atoms with van der Waals surface area (Å²) in [5.41, 5.74) is 0.125. The van der Waals surface area contributed by atoms with Gasteiger partial charge < -0.3 is 10.1 Å². The van der Waals surface area contributed by atoms with Crippen molar-refractivity contribution in [1.82, 2.24) is 5.32 Å². The molecule has 0 heterocycles. The van der Waals surface area contributed by atoms with E-state index in [-0.39, 0.29) is 18.5 Å². The molecule has 0 bridgehead atoms. The van der Waals surface area contributed by atoms with Gasteiger partial charge >= 0.3 is 12.1 Å². The van der Waals surface area contributed by atoms with Crippen LogP contribution in [0.1, 0.15) is 23.6 Å². The smallest absolute Gasteiger partial charge is 0.416 e. The van der Waals surface area contributed by atoms with Crippen molar-refractivity contribution in [3.05, 3.63) is 70.2 Å². The fourth-order valence-corrected chi connectivity index (χ4v) is 2.38. The summed E-state index contributed by atoms with van der Waals surface area (Å²) in [4.78, 5) is 23.9. The van der Waals surface area contributed by atoms with Crippen molar-refractivity contribution in [1.29, 1.82) is 0 Å². The maximum absolute atomic E-state index is 12.7. The van der Waals surface area contributed by atoms with Crippen LogP contribution >= 0.6 is 11.6 Å². The molecular weight excluding hydrogens is 383 g/mol. The van der Waals surface area contributed by atoms with Gasteiger partial charge in [-0.1, -0.05) is 41.9 Å². The number of rotatable bonds is 6. The first-order chi connectivity index (χ1) is 12.6. The number of carbonyl (C=O) groups is 2. The molecule has 1 amide bonds. The predicted octanol–water partition coefficient (Wildman–Crippen LogP) is 4.15. The van der Waals surface area contributed by atoms with E-state index in [0.29, 0.717) is 5.02 Å². The summed E-state index contributed by atoms with van der Waals surface area (Å²) in [6.45, 7) is 1.62. The van der Waals surface area contributed by atoms with Gasteiger partial charge in [0.05, 0.1) is 12.0 Å². The van der Waals surface area contributed by atoms with Crippen LogP contribution in [-0.4, -0.2) is 18.0 Å². The van der Waals surface area contributed by atoms with Crippen LogP contribution in [0.5, 0.6) is 0 Å². The Morgan fingerprint density at radius 1 is 1.11 bits per heavy atom. The highest BCUT2D eigenvalue weighted by molar-refractivity contribution is 6.30. The van der Waals surface area contributed by atoms with Gasteiger partial charge in [0.1, 0.15) is 0 Å². The first-order valence-corrected chi connectivity index (χ1v) is 8.40. The van der Waals surface area contributed by atoms with E-state index in [1.54, 1.807) is 24.3 Å². The summed E-state index contributed by atoms with van der Waals surface area (Å²) in [7, 11) is 0. The van der Waals surface area contributed by atoms with E-state index < -0.39 is 29.7 Å². The molecule has 1 unspecified atom stereocenters. The van der Waals surface area contributed by atoms with Crippen LogP contribution < -0.4 is 5.32 Å². The van der Waals surface area contributed by atoms with E-state index in [1.807, 2.05) is 0 Å². The molecule has 0 aliphatic carbocycles. The number of benzene rings is 2. The van der Waals surface area contributed by atoms with Crippen molar-refractivity contribution in [3.8, 4) is 0 Å². The molecule has 1 atom stereocenters. The molecule has 2 aromatic carbocycles. The summed E-state index contributed by atoms with van der Waals surface area (Å²) in [5, 5.41) is 3.18. The van der Waals surface area contributed by atoms with Crippen LogP contribution in [0, 0.1) is 0 Å². The number of nitrogens with one attached hydrogen (secondary N) is 1. The Morgan fingerprint density at radius 3 is 2.41 bits per heavy atom. The van der Waals surface area contributed by atoms with Crippen LogP contribution in [-0.2, 0) is 33.5 Å². The summed E-state index contributed by atoms with van der Waals surface area (Å²) in [6.07, 6.45) is -5.93. The minimum atomic E-state index is -4.49. The van der Waals surface area contributed by atoms with Gasteiger partial charge in [-0.2, -0.15) is 13.2 Å². The Kier molecular flexibility index (Phi) is 6.85. The molecule has 0 fully saturated rings. The Bertz CT molecular complexity index is 807. The molecular formula is C19H17ClF3NO3. The van der Waals surface area contributed by atoms with Gasteiger partial charge in [0, 0.05) is 11.6 Å². The largest absolute Gasteiger partial charge is 0.452 e. The highest BCUT2D eigenvalue weighted by atomic mass is 35.5. The first kappa shape index (κ1) is 20.8. The number of hydrogen-bond donors (Lipinski definition) is 1. The van der Waals surface area contributed by atoms with Crippen LogP contribution in [0.3, 0.4) is 0 Å². The molecule has 0 radical (unpaired) electrons. The quantitative estimate of drug-likeness (QED) is 0.742. The Morgan fingerprint density at radius 2 is 1.78 bits per heavy atom. The standard InChI is InChI=1S/C19H17ClF3NO3/c1-12(18(26)24-11-13-5-7-16(20)8-6-13)27-17(25)10-14-3-2-4-15(9-14)19(21,22)23/h2-9,12H,10-11H2,1H3,(H,24,26). The second-order valence-corrected chi connectivity index (χ2v) is 6.29. The summed E-state index contributed by atoms with van der Waals surface area (Å²) in [6, 6.07) is 11.3. The normalized spacial score (nSPS) is 12.3. The average Bonchev–Trinajstić information content (AvgIpc) is 2.60. The minimum absolute atomic E-state index is 0.156. The third-order valence-electron chi connectivity index (χ3n) is 3.66. The molecule has 144 valence electrons. The SMILES string of the molecule is CC(OC(=O)Cc1cccc(C(F)(F)F)c1)C(=O)NCc1ccc(Cl)cc1. The van der Waals surface area contributed by atoms with E-state index >= 15 is 0 Å². The van der Waals surface area contributed by atoms with Gasteiger partial charge in [-0.25, -0.2) is 0 Å². The van der Waals surface area contributed by atoms with Gasteiger partial charge in [-0.15, -0.1) is 0 Å². The molecule has 0 saturated heterocycles. The van der Waals surface area contributed by atoms with Gasteiger partial charge in [0.2, 0.25) is 0 Å². The molecule has 27 heavy (non-hydrogen) atoms. The van der Waals surface area contributed by atoms with Crippen molar-refractivity contribution in [2.75, 3.05) is 0 Å². The zero-order chi connectivity index (χ0) is 20.0. The Balaban J connectivity index is 1.85. The van der Waals surface area contributed by atoms with Crippen LogP contribution in [0.2, 0.25) is 5.02 Å². The number of hydrogen-bond acceptors (Lipinski definition) is 3. The van der Waals surface area contributed by atoms with E-state index in [4.69, 9.17) is 16.3 Å². The minimum Gasteiger partial charge on any atom is -0.452 e. The van der Waals surface area contributed by atoms with Crippen molar-refractivity contribution in [3.63, 3.8) is 0 Å². The predicted molar refractivity (Wildman–Crippen MR) is 94.0 cm³/mol. The fourth-order valence-electron chi connectivity index (χ4n) is 2.25. The molecule has 4 nitrogen and oxygen atoms in total. The molecule has 2 aromatic rings. The van der Waals surface area contributed by atoms with E-state index in [0.717, 1.165) is 17.7 Å². The van der Waals surface area contributed by atoms with E-state index in [9.17, 15) is 22.8 Å². The third-order valence-corrected chi connectivity index (χ3v) is 3.91. The van der Waals surface area contributed by atoms with Gasteiger partial charge in [0.25, 0.3) is 5.91 Å². The van der Waals surface area contributed by atoms with Crippen molar-refractivity contribution in [2.24, 2.45) is 0 Å². The second-order valence-electron chi connectivity index (χ2n) is 5.85. The highest BCUT2D eigenvalue weighted by Crippen LogP contribution is 2.29. The molecule has 1 N–H and O–H groups in total. The zero-order valence-corrected chi connectivity index (χ0v) is 15.1. The van der Waals surface area contributed by atoms with Crippen LogP contribution in [0.15, 0.2) is 48.5 Å². The van der Waals surface area contributed by atoms with Gasteiger partial charge in [-0.3, -0.25) is 9.59 Å². The first-order valence-electron chi connectivity index (χ1n) is 8.03. The molecule has 8 heteroatoms. The topological polar surface area (TPSA) is 55.4 Å². The maximum atomic E-state index is 12.7. The molecule has 0 aliphatic rings. The number of amides is 1. The molecule has 0 aromatic heterocycles. The van der Waals surface area contributed by atoms with Crippen molar-refractivity contribution >= 4 is 23.5 Å². The summed E-state index contributed by atoms with van der Waals surface area (Å²) in [5.74, 6) is -1.30. The van der Waals surface area contributed by atoms with Gasteiger partial charge in [0.15, 0.2) is 6.10 Å². The van der Waals surface area contributed by atoms with Crippen molar-refractivity contribution < 1.29 is 27.5 Å². The Hall–Kier alpha value is -2.54. The zero-order valence-electron chi connectivity index (χ0n) is 14.3. The number of ether oxygens (including phenoxy) is 1. The number of carbonyl (C=O) groups excluding carboxylic acids is 2. The number of alkyl halides is 3.